The standard InChI is InChI=1S/C25H39O2P3/c1-5-28(6-2)18-19-29(7-3)23(4)22-30(26-20-24-14-10-8-11-15-24)27-21-25-16-12-9-13-17-25/h8-17,23H,5-7,18-22H2,1-4H3. The van der Waals surface area contributed by atoms with Crippen LogP contribution in [0.3, 0.4) is 0 Å². The zero-order valence-corrected chi connectivity index (χ0v) is 21.8. The van der Waals surface area contributed by atoms with Crippen LogP contribution in [0.5, 0.6) is 0 Å². The van der Waals surface area contributed by atoms with Crippen molar-refractivity contribution < 1.29 is 9.05 Å². The third kappa shape index (κ3) is 9.85. The fourth-order valence-corrected chi connectivity index (χ4v) is 10.7. The summed E-state index contributed by atoms with van der Waals surface area (Å²) in [5.74, 6) is 0. The Bertz CT molecular complexity index is 621. The van der Waals surface area contributed by atoms with Gasteiger partial charge >= 0.3 is 0 Å². The Labute approximate surface area is 188 Å². The van der Waals surface area contributed by atoms with Crippen LogP contribution in [0.4, 0.5) is 0 Å². The van der Waals surface area contributed by atoms with Crippen LogP contribution in [0.15, 0.2) is 60.7 Å². The summed E-state index contributed by atoms with van der Waals surface area (Å²) in [5.41, 5.74) is 3.12. The first-order valence-corrected chi connectivity index (χ1v) is 16.3. The fraction of sp³-hybridized carbons (Fsp3) is 0.520. The molecular weight excluding hydrogens is 425 g/mol. The first-order valence-electron chi connectivity index (χ1n) is 11.2. The highest BCUT2D eigenvalue weighted by molar-refractivity contribution is 7.62. The molecule has 2 aromatic carbocycles. The van der Waals surface area contributed by atoms with E-state index in [-0.39, 0.29) is 15.8 Å². The molecule has 30 heavy (non-hydrogen) atoms. The zero-order chi connectivity index (χ0) is 21.6. The third-order valence-electron chi connectivity index (χ3n) is 5.48. The molecule has 0 bridgehead atoms. The Morgan fingerprint density at radius 1 is 0.700 bits per heavy atom. The van der Waals surface area contributed by atoms with Gasteiger partial charge in [-0.3, -0.25) is 0 Å². The van der Waals surface area contributed by atoms with E-state index in [1.54, 1.807) is 0 Å². The molecule has 0 spiro atoms. The highest BCUT2D eigenvalue weighted by Gasteiger charge is 2.22. The normalized spacial score (nSPS) is 13.7. The maximum atomic E-state index is 6.34. The predicted octanol–water partition coefficient (Wildman–Crippen LogP) is 8.14. The highest BCUT2D eigenvalue weighted by atomic mass is 31.2. The van der Waals surface area contributed by atoms with Crippen molar-refractivity contribution in [2.75, 3.05) is 37.0 Å². The van der Waals surface area contributed by atoms with Crippen LogP contribution >= 0.6 is 24.2 Å². The lowest BCUT2D eigenvalue weighted by molar-refractivity contribution is 0.235. The molecule has 0 saturated carbocycles. The van der Waals surface area contributed by atoms with Crippen molar-refractivity contribution in [2.24, 2.45) is 0 Å². The molecular formula is C25H39O2P3. The van der Waals surface area contributed by atoms with Gasteiger partial charge in [-0.25, -0.2) is 0 Å². The van der Waals surface area contributed by atoms with Gasteiger partial charge in [-0.2, -0.15) is 0 Å². The molecule has 0 aromatic heterocycles. The Kier molecular flexibility index (Phi) is 13.3. The predicted molar refractivity (Wildman–Crippen MR) is 139 cm³/mol. The minimum Gasteiger partial charge on any atom is -0.329 e. The lowest BCUT2D eigenvalue weighted by Crippen LogP contribution is -2.13. The Morgan fingerprint density at radius 2 is 1.20 bits per heavy atom. The van der Waals surface area contributed by atoms with E-state index in [4.69, 9.17) is 9.05 Å². The van der Waals surface area contributed by atoms with Gasteiger partial charge in [0.05, 0.1) is 13.2 Å². The summed E-state index contributed by atoms with van der Waals surface area (Å²) in [4.78, 5) is 0. The average Bonchev–Trinajstić information content (AvgIpc) is 2.80. The van der Waals surface area contributed by atoms with Crippen LogP contribution < -0.4 is 0 Å². The van der Waals surface area contributed by atoms with Crippen LogP contribution in [0.25, 0.3) is 0 Å². The van der Waals surface area contributed by atoms with E-state index in [9.17, 15) is 0 Å². The molecule has 0 aliphatic carbocycles. The number of benzene rings is 2. The maximum Gasteiger partial charge on any atom is 0.171 e. The van der Waals surface area contributed by atoms with Gasteiger partial charge in [0.25, 0.3) is 0 Å². The SMILES string of the molecule is CCP(CC)CCP(CC)C(C)CP(OCc1ccccc1)OCc1ccccc1. The van der Waals surface area contributed by atoms with Crippen molar-refractivity contribution in [1.82, 2.24) is 0 Å². The third-order valence-corrected chi connectivity index (χ3v) is 13.5. The van der Waals surface area contributed by atoms with E-state index in [1.165, 1.54) is 41.9 Å². The summed E-state index contributed by atoms with van der Waals surface area (Å²) in [7, 11) is -0.606. The summed E-state index contributed by atoms with van der Waals surface area (Å²) >= 11 is 0. The molecule has 0 heterocycles. The minimum absolute atomic E-state index is 0.0463. The minimum atomic E-state index is -0.897. The quantitative estimate of drug-likeness (QED) is 0.248. The van der Waals surface area contributed by atoms with Gasteiger partial charge in [-0.1, -0.05) is 88.4 Å². The lowest BCUT2D eigenvalue weighted by Gasteiger charge is -2.28. The second-order valence-corrected chi connectivity index (χ2v) is 15.3. The molecule has 0 saturated heterocycles. The van der Waals surface area contributed by atoms with Gasteiger partial charge in [0, 0.05) is 6.16 Å². The van der Waals surface area contributed by atoms with E-state index < -0.39 is 8.38 Å². The van der Waals surface area contributed by atoms with Gasteiger partial charge in [-0.05, 0) is 47.6 Å². The van der Waals surface area contributed by atoms with E-state index in [0.717, 1.165) is 6.16 Å². The first-order chi connectivity index (χ1) is 14.7. The van der Waals surface area contributed by atoms with Crippen LogP contribution in [0.1, 0.15) is 38.8 Å². The van der Waals surface area contributed by atoms with Crippen molar-refractivity contribution in [3.05, 3.63) is 71.8 Å². The monoisotopic (exact) mass is 464 g/mol. The topological polar surface area (TPSA) is 18.5 Å². The van der Waals surface area contributed by atoms with Crippen molar-refractivity contribution in [3.63, 3.8) is 0 Å². The average molecular weight is 465 g/mol. The van der Waals surface area contributed by atoms with E-state index >= 15 is 0 Å². The summed E-state index contributed by atoms with van der Waals surface area (Å²) in [6.45, 7) is 10.8. The molecule has 2 unspecified atom stereocenters. The molecule has 0 aliphatic heterocycles. The first kappa shape index (κ1) is 25.9. The maximum absolute atomic E-state index is 6.34. The molecule has 0 fully saturated rings. The molecule has 0 N–H and O–H groups in total. The number of rotatable bonds is 15. The van der Waals surface area contributed by atoms with E-state index in [2.05, 4.69) is 88.4 Å². The molecule has 0 aliphatic rings. The van der Waals surface area contributed by atoms with E-state index in [0.29, 0.717) is 18.9 Å². The smallest absolute Gasteiger partial charge is 0.171 e. The molecule has 2 rings (SSSR count). The Balaban J connectivity index is 1.94. The summed E-state index contributed by atoms with van der Waals surface area (Å²) in [6, 6.07) is 20.9. The molecule has 166 valence electrons. The molecule has 2 nitrogen and oxygen atoms in total. The van der Waals surface area contributed by atoms with Gasteiger partial charge in [0.15, 0.2) is 8.38 Å². The number of hydrogen-bond donors (Lipinski definition) is 0. The van der Waals surface area contributed by atoms with Crippen LogP contribution in [0, 0.1) is 0 Å². The van der Waals surface area contributed by atoms with Gasteiger partial charge < -0.3 is 9.05 Å². The van der Waals surface area contributed by atoms with Gasteiger partial charge in [0.2, 0.25) is 0 Å². The molecule has 5 heteroatoms. The molecule has 0 radical (unpaired) electrons. The second-order valence-electron chi connectivity index (χ2n) is 7.54. The van der Waals surface area contributed by atoms with Crippen LogP contribution in [-0.4, -0.2) is 42.6 Å². The highest BCUT2D eigenvalue weighted by Crippen LogP contribution is 2.51. The Hall–Kier alpha value is -0.350. The fourth-order valence-electron chi connectivity index (χ4n) is 3.42. The van der Waals surface area contributed by atoms with Crippen molar-refractivity contribution in [3.8, 4) is 0 Å². The second kappa shape index (κ2) is 15.5. The van der Waals surface area contributed by atoms with Gasteiger partial charge in [0.1, 0.15) is 0 Å². The van der Waals surface area contributed by atoms with E-state index in [1.807, 2.05) is 0 Å². The van der Waals surface area contributed by atoms with Crippen molar-refractivity contribution >= 4 is 24.2 Å². The summed E-state index contributed by atoms with van der Waals surface area (Å²) in [5, 5.41) is 0. The molecule has 0 amide bonds. The number of hydrogen-bond acceptors (Lipinski definition) is 2. The molecule has 2 atom stereocenters. The lowest BCUT2D eigenvalue weighted by atomic mass is 10.2. The Morgan fingerprint density at radius 3 is 1.63 bits per heavy atom. The van der Waals surface area contributed by atoms with Gasteiger partial charge in [-0.15, -0.1) is 15.8 Å². The largest absolute Gasteiger partial charge is 0.329 e. The zero-order valence-electron chi connectivity index (χ0n) is 19.2. The van der Waals surface area contributed by atoms with Crippen molar-refractivity contribution in [1.29, 1.82) is 0 Å². The van der Waals surface area contributed by atoms with Crippen LogP contribution in [0.2, 0.25) is 0 Å². The van der Waals surface area contributed by atoms with Crippen LogP contribution in [-0.2, 0) is 22.3 Å². The molecule has 2 aromatic rings. The summed E-state index contributed by atoms with van der Waals surface area (Å²) in [6.07, 6.45) is 7.97. The summed E-state index contributed by atoms with van der Waals surface area (Å²) < 4.78 is 12.7. The van der Waals surface area contributed by atoms with Crippen molar-refractivity contribution in [2.45, 2.75) is 46.6 Å².